The second kappa shape index (κ2) is 6.92. The summed E-state index contributed by atoms with van der Waals surface area (Å²) < 4.78 is 5.24. The van der Waals surface area contributed by atoms with Gasteiger partial charge in [0.2, 0.25) is 0 Å². The summed E-state index contributed by atoms with van der Waals surface area (Å²) in [6.45, 7) is 1.39. The van der Waals surface area contributed by atoms with Gasteiger partial charge >= 0.3 is 5.97 Å². The molecule has 1 aromatic carbocycles. The van der Waals surface area contributed by atoms with Crippen LogP contribution in [0.4, 0.5) is 5.82 Å². The van der Waals surface area contributed by atoms with Crippen LogP contribution >= 0.6 is 11.3 Å². The van der Waals surface area contributed by atoms with Crippen molar-refractivity contribution in [2.75, 3.05) is 25.1 Å². The maximum Gasteiger partial charge on any atom is 0.306 e. The monoisotopic (exact) mass is 369 g/mol. The fourth-order valence-corrected chi connectivity index (χ4v) is 4.33. The lowest BCUT2D eigenvalue weighted by Crippen LogP contribution is -2.36. The summed E-state index contributed by atoms with van der Waals surface area (Å²) in [6.07, 6.45) is 2.88. The van der Waals surface area contributed by atoms with Crippen molar-refractivity contribution in [2.24, 2.45) is 5.92 Å². The molecule has 4 rings (SSSR count). The number of piperidine rings is 1. The summed E-state index contributed by atoms with van der Waals surface area (Å²) in [5.74, 6) is 0.755. The zero-order valence-electron chi connectivity index (χ0n) is 14.4. The van der Waals surface area contributed by atoms with Crippen LogP contribution in [0.5, 0.6) is 5.75 Å². The van der Waals surface area contributed by atoms with Crippen LogP contribution in [0.25, 0.3) is 21.3 Å². The summed E-state index contributed by atoms with van der Waals surface area (Å²) in [6, 6.07) is 7.96. The number of benzene rings is 1. The van der Waals surface area contributed by atoms with E-state index in [1.165, 1.54) is 0 Å². The van der Waals surface area contributed by atoms with Gasteiger partial charge in [-0.2, -0.15) is 0 Å². The Morgan fingerprint density at radius 1 is 1.23 bits per heavy atom. The largest absolute Gasteiger partial charge is 0.497 e. The van der Waals surface area contributed by atoms with Gasteiger partial charge in [-0.25, -0.2) is 9.97 Å². The Kier molecular flexibility index (Phi) is 4.46. The van der Waals surface area contributed by atoms with Crippen LogP contribution < -0.4 is 9.64 Å². The smallest absolute Gasteiger partial charge is 0.306 e. The number of carbonyl (C=O) groups is 1. The molecule has 134 valence electrons. The highest BCUT2D eigenvalue weighted by Gasteiger charge is 2.27. The molecule has 0 atom stereocenters. The molecule has 0 unspecified atom stereocenters. The SMILES string of the molecule is COc1ccc(-c2csc3ncnc(N4CCC(C(=O)O)CC4)c23)cc1. The first-order valence-electron chi connectivity index (χ1n) is 8.51. The van der Waals surface area contributed by atoms with Gasteiger partial charge in [0.05, 0.1) is 18.4 Å². The Morgan fingerprint density at radius 3 is 2.62 bits per heavy atom. The van der Waals surface area contributed by atoms with E-state index in [0.29, 0.717) is 25.9 Å². The second-order valence-electron chi connectivity index (χ2n) is 6.35. The van der Waals surface area contributed by atoms with Crippen molar-refractivity contribution < 1.29 is 14.6 Å². The van der Waals surface area contributed by atoms with Crippen molar-refractivity contribution in [3.63, 3.8) is 0 Å². The molecule has 0 aliphatic carbocycles. The zero-order chi connectivity index (χ0) is 18.1. The minimum Gasteiger partial charge on any atom is -0.497 e. The zero-order valence-corrected chi connectivity index (χ0v) is 15.2. The van der Waals surface area contributed by atoms with E-state index in [0.717, 1.165) is 32.9 Å². The minimum atomic E-state index is -0.702. The number of aliphatic carboxylic acids is 1. The van der Waals surface area contributed by atoms with Crippen LogP contribution in [0.2, 0.25) is 0 Å². The van der Waals surface area contributed by atoms with E-state index in [-0.39, 0.29) is 5.92 Å². The maximum atomic E-state index is 11.2. The predicted octanol–water partition coefficient (Wildman–Crippen LogP) is 3.67. The predicted molar refractivity (Wildman–Crippen MR) is 102 cm³/mol. The van der Waals surface area contributed by atoms with Gasteiger partial charge in [-0.1, -0.05) is 12.1 Å². The molecule has 0 spiro atoms. The van der Waals surface area contributed by atoms with Crippen LogP contribution in [0.1, 0.15) is 12.8 Å². The fourth-order valence-electron chi connectivity index (χ4n) is 3.42. The first kappa shape index (κ1) is 16.8. The fraction of sp³-hybridized carbons (Fsp3) is 0.316. The molecule has 26 heavy (non-hydrogen) atoms. The highest BCUT2D eigenvalue weighted by molar-refractivity contribution is 7.17. The number of methoxy groups -OCH3 is 1. The van der Waals surface area contributed by atoms with Gasteiger partial charge in [-0.15, -0.1) is 11.3 Å². The van der Waals surface area contributed by atoms with Crippen molar-refractivity contribution in [3.8, 4) is 16.9 Å². The second-order valence-corrected chi connectivity index (χ2v) is 7.21. The van der Waals surface area contributed by atoms with E-state index in [1.54, 1.807) is 24.8 Å². The van der Waals surface area contributed by atoms with Crippen LogP contribution in [-0.4, -0.2) is 41.2 Å². The molecular formula is C19H19N3O3S. The summed E-state index contributed by atoms with van der Waals surface area (Å²) >= 11 is 1.60. The number of rotatable bonds is 4. The molecule has 7 heteroatoms. The first-order valence-corrected chi connectivity index (χ1v) is 9.39. The number of hydrogen-bond donors (Lipinski definition) is 1. The minimum absolute atomic E-state index is 0.257. The molecule has 6 nitrogen and oxygen atoms in total. The molecule has 0 bridgehead atoms. The third-order valence-electron chi connectivity index (χ3n) is 4.89. The van der Waals surface area contributed by atoms with E-state index in [1.807, 2.05) is 24.3 Å². The normalized spacial score (nSPS) is 15.3. The number of nitrogens with zero attached hydrogens (tertiary/aromatic N) is 3. The molecule has 1 N–H and O–H groups in total. The third-order valence-corrected chi connectivity index (χ3v) is 5.78. The standard InChI is InChI=1S/C19H19N3O3S/c1-25-14-4-2-12(3-5-14)15-10-26-18-16(15)17(20-11-21-18)22-8-6-13(7-9-22)19(23)24/h2-5,10-11,13H,6-9H2,1H3,(H,23,24). The van der Waals surface area contributed by atoms with Gasteiger partial charge < -0.3 is 14.7 Å². The lowest BCUT2D eigenvalue weighted by Gasteiger charge is -2.31. The number of carboxylic acids is 1. The Balaban J connectivity index is 1.72. The number of thiophene rings is 1. The number of carboxylic acid groups (broad SMARTS) is 1. The summed E-state index contributed by atoms with van der Waals surface area (Å²) in [7, 11) is 1.65. The molecule has 0 radical (unpaired) electrons. The van der Waals surface area contributed by atoms with E-state index >= 15 is 0 Å². The number of fused-ring (bicyclic) bond motifs is 1. The maximum absolute atomic E-state index is 11.2. The van der Waals surface area contributed by atoms with E-state index in [9.17, 15) is 9.90 Å². The molecule has 1 saturated heterocycles. The number of aromatic nitrogens is 2. The molecule has 2 aromatic heterocycles. The molecule has 0 saturated carbocycles. The van der Waals surface area contributed by atoms with Crippen molar-refractivity contribution in [3.05, 3.63) is 36.0 Å². The molecule has 3 heterocycles. The molecule has 1 aliphatic heterocycles. The highest BCUT2D eigenvalue weighted by atomic mass is 32.1. The van der Waals surface area contributed by atoms with Crippen LogP contribution in [-0.2, 0) is 4.79 Å². The van der Waals surface area contributed by atoms with E-state index < -0.39 is 5.97 Å². The number of hydrogen-bond acceptors (Lipinski definition) is 6. The van der Waals surface area contributed by atoms with Gasteiger partial charge in [-0.3, -0.25) is 4.79 Å². The molecule has 3 aromatic rings. The highest BCUT2D eigenvalue weighted by Crippen LogP contribution is 2.39. The van der Waals surface area contributed by atoms with Crippen molar-refractivity contribution in [1.82, 2.24) is 9.97 Å². The summed E-state index contributed by atoms with van der Waals surface area (Å²) in [5.41, 5.74) is 2.19. The lowest BCUT2D eigenvalue weighted by molar-refractivity contribution is -0.142. The van der Waals surface area contributed by atoms with Crippen molar-refractivity contribution in [2.45, 2.75) is 12.8 Å². The topological polar surface area (TPSA) is 75.6 Å². The Labute approximate surface area is 155 Å². The quantitative estimate of drug-likeness (QED) is 0.756. The van der Waals surface area contributed by atoms with Crippen LogP contribution in [0, 0.1) is 5.92 Å². The average molecular weight is 369 g/mol. The average Bonchev–Trinajstić information content (AvgIpc) is 3.12. The van der Waals surface area contributed by atoms with Gasteiger partial charge in [0.25, 0.3) is 0 Å². The van der Waals surface area contributed by atoms with Crippen LogP contribution in [0.15, 0.2) is 36.0 Å². The van der Waals surface area contributed by atoms with Crippen LogP contribution in [0.3, 0.4) is 0 Å². The summed E-state index contributed by atoms with van der Waals surface area (Å²) in [4.78, 5) is 23.3. The Bertz CT molecular complexity index is 931. The molecule has 1 fully saturated rings. The van der Waals surface area contributed by atoms with Gasteiger partial charge in [0.1, 0.15) is 22.7 Å². The molecule has 0 amide bonds. The Morgan fingerprint density at radius 2 is 1.96 bits per heavy atom. The van der Waals surface area contributed by atoms with Crippen molar-refractivity contribution >= 4 is 33.3 Å². The van der Waals surface area contributed by atoms with Crippen molar-refractivity contribution in [1.29, 1.82) is 0 Å². The lowest BCUT2D eigenvalue weighted by atomic mass is 9.96. The first-order chi connectivity index (χ1) is 12.7. The summed E-state index contributed by atoms with van der Waals surface area (Å²) in [5, 5.41) is 12.4. The third kappa shape index (κ3) is 2.99. The van der Waals surface area contributed by atoms with Gasteiger partial charge in [0, 0.05) is 24.0 Å². The van der Waals surface area contributed by atoms with Gasteiger partial charge in [-0.05, 0) is 30.5 Å². The van der Waals surface area contributed by atoms with E-state index in [2.05, 4.69) is 20.2 Å². The number of anilines is 1. The van der Waals surface area contributed by atoms with Gasteiger partial charge in [0.15, 0.2) is 0 Å². The molecular weight excluding hydrogens is 350 g/mol. The number of ether oxygens (including phenoxy) is 1. The Hall–Kier alpha value is -2.67. The molecule has 1 aliphatic rings. The van der Waals surface area contributed by atoms with E-state index in [4.69, 9.17) is 4.74 Å².